The normalized spacial score (nSPS) is 12.6. The first-order chi connectivity index (χ1) is 8.72. The molecule has 0 fully saturated rings. The van der Waals surface area contributed by atoms with Gasteiger partial charge in [0.15, 0.2) is 0 Å². The number of thioether (sulfide) groups is 1. The quantitative estimate of drug-likeness (QED) is 0.732. The Morgan fingerprint density at radius 1 is 1.39 bits per heavy atom. The number of hydrogen-bond donors (Lipinski definition) is 1. The smallest absolute Gasteiger partial charge is 0.0561 e. The molecule has 0 aliphatic rings. The molecule has 1 N–H and O–H groups in total. The Bertz CT molecular complexity index is 515. The van der Waals surface area contributed by atoms with Gasteiger partial charge in [-0.3, -0.25) is 0 Å². The molecular formula is C13H13BrClNS2. The summed E-state index contributed by atoms with van der Waals surface area (Å²) in [5.74, 6) is 0.958. The summed E-state index contributed by atoms with van der Waals surface area (Å²) < 4.78 is 1.14. The monoisotopic (exact) mass is 361 g/mol. The highest BCUT2D eigenvalue weighted by atomic mass is 79.9. The van der Waals surface area contributed by atoms with Crippen molar-refractivity contribution < 1.29 is 0 Å². The van der Waals surface area contributed by atoms with Crippen LogP contribution < -0.4 is 5.32 Å². The van der Waals surface area contributed by atoms with E-state index in [0.29, 0.717) is 0 Å². The average molecular weight is 363 g/mol. The maximum Gasteiger partial charge on any atom is 0.0561 e. The Morgan fingerprint density at radius 3 is 2.78 bits per heavy atom. The molecule has 2 rings (SSSR count). The van der Waals surface area contributed by atoms with E-state index in [1.54, 1.807) is 11.3 Å². The van der Waals surface area contributed by atoms with Gasteiger partial charge in [0.1, 0.15) is 0 Å². The molecule has 5 heteroatoms. The Hall–Kier alpha value is -0.0000000000000000555. The van der Waals surface area contributed by atoms with Crippen molar-refractivity contribution in [2.24, 2.45) is 0 Å². The zero-order chi connectivity index (χ0) is 13.0. The van der Waals surface area contributed by atoms with E-state index in [1.165, 1.54) is 9.77 Å². The van der Waals surface area contributed by atoms with Crippen LogP contribution in [0.25, 0.3) is 0 Å². The predicted molar refractivity (Wildman–Crippen MR) is 86.0 cm³/mol. The van der Waals surface area contributed by atoms with Crippen LogP contribution >= 0.6 is 50.6 Å². The molecular weight excluding hydrogens is 350 g/mol. The maximum absolute atomic E-state index is 6.18. The van der Waals surface area contributed by atoms with E-state index >= 15 is 0 Å². The van der Waals surface area contributed by atoms with Gasteiger partial charge in [-0.2, -0.15) is 0 Å². The Kier molecular flexibility index (Phi) is 5.57. The molecule has 1 nitrogen and oxygen atoms in total. The Morgan fingerprint density at radius 2 is 2.17 bits per heavy atom. The van der Waals surface area contributed by atoms with Crippen molar-refractivity contribution in [2.45, 2.75) is 10.9 Å². The summed E-state index contributed by atoms with van der Waals surface area (Å²) in [5.41, 5.74) is 0. The number of halogens is 2. The molecule has 0 bridgehead atoms. The first-order valence-corrected chi connectivity index (χ1v) is 8.53. The Labute approximate surface area is 129 Å². The van der Waals surface area contributed by atoms with Gasteiger partial charge in [-0.25, -0.2) is 0 Å². The lowest BCUT2D eigenvalue weighted by Crippen LogP contribution is -2.17. The molecule has 0 radical (unpaired) electrons. The lowest BCUT2D eigenvalue weighted by Gasteiger charge is -2.15. The van der Waals surface area contributed by atoms with E-state index in [1.807, 2.05) is 36.3 Å². The van der Waals surface area contributed by atoms with Crippen molar-refractivity contribution in [2.75, 3.05) is 12.8 Å². The molecule has 18 heavy (non-hydrogen) atoms. The van der Waals surface area contributed by atoms with Crippen LogP contribution in [0.5, 0.6) is 0 Å². The van der Waals surface area contributed by atoms with E-state index in [0.717, 1.165) is 15.2 Å². The van der Waals surface area contributed by atoms with Crippen molar-refractivity contribution in [1.29, 1.82) is 0 Å². The van der Waals surface area contributed by atoms with Crippen LogP contribution in [0.1, 0.15) is 10.9 Å². The number of rotatable bonds is 5. The molecule has 0 amide bonds. The topological polar surface area (TPSA) is 12.0 Å². The third kappa shape index (κ3) is 3.52. The maximum atomic E-state index is 6.18. The van der Waals surface area contributed by atoms with Crippen LogP contribution in [0.2, 0.25) is 5.02 Å². The van der Waals surface area contributed by atoms with E-state index in [2.05, 4.69) is 39.4 Å². The SMILES string of the molecule is CNC(CSc1ccccc1Br)c1sccc1Cl. The van der Waals surface area contributed by atoms with Crippen LogP contribution in [-0.4, -0.2) is 12.8 Å². The fraction of sp³-hybridized carbons (Fsp3) is 0.231. The fourth-order valence-corrected chi connectivity index (χ4v) is 4.67. The molecule has 0 spiro atoms. The van der Waals surface area contributed by atoms with Crippen molar-refractivity contribution in [3.63, 3.8) is 0 Å². The summed E-state index contributed by atoms with van der Waals surface area (Å²) >= 11 is 13.3. The van der Waals surface area contributed by atoms with Gasteiger partial charge in [-0.05, 0) is 46.6 Å². The van der Waals surface area contributed by atoms with Crippen LogP contribution in [0.15, 0.2) is 45.1 Å². The van der Waals surface area contributed by atoms with Crippen LogP contribution in [0, 0.1) is 0 Å². The molecule has 0 saturated carbocycles. The van der Waals surface area contributed by atoms with Gasteiger partial charge in [0, 0.05) is 20.0 Å². The minimum atomic E-state index is 0.287. The van der Waals surface area contributed by atoms with Crippen LogP contribution in [0.4, 0.5) is 0 Å². The molecule has 0 aliphatic carbocycles. The predicted octanol–water partition coefficient (Wildman–Crippen LogP) is 5.22. The third-order valence-electron chi connectivity index (χ3n) is 2.55. The first-order valence-electron chi connectivity index (χ1n) is 5.50. The second-order valence-electron chi connectivity index (χ2n) is 3.72. The van der Waals surface area contributed by atoms with Gasteiger partial charge in [0.05, 0.1) is 11.1 Å². The molecule has 1 aromatic heterocycles. The van der Waals surface area contributed by atoms with Gasteiger partial charge in [-0.15, -0.1) is 23.1 Å². The molecule has 96 valence electrons. The van der Waals surface area contributed by atoms with E-state index < -0.39 is 0 Å². The summed E-state index contributed by atoms with van der Waals surface area (Å²) in [6.07, 6.45) is 0. The zero-order valence-electron chi connectivity index (χ0n) is 9.82. The van der Waals surface area contributed by atoms with Gasteiger partial charge in [0.25, 0.3) is 0 Å². The average Bonchev–Trinajstić information content (AvgIpc) is 2.79. The Balaban J connectivity index is 2.05. The van der Waals surface area contributed by atoms with Crippen LogP contribution in [-0.2, 0) is 0 Å². The third-order valence-corrected chi connectivity index (χ3v) is 6.14. The second-order valence-corrected chi connectivity index (χ2v) is 6.99. The summed E-state index contributed by atoms with van der Waals surface area (Å²) in [6, 6.07) is 10.5. The number of nitrogens with one attached hydrogen (secondary N) is 1. The lowest BCUT2D eigenvalue weighted by molar-refractivity contribution is 0.674. The highest BCUT2D eigenvalue weighted by Gasteiger charge is 2.15. The zero-order valence-corrected chi connectivity index (χ0v) is 13.8. The van der Waals surface area contributed by atoms with Gasteiger partial charge < -0.3 is 5.32 Å². The molecule has 0 saturated heterocycles. The molecule has 1 atom stereocenters. The number of benzene rings is 1. The number of thiophene rings is 1. The molecule has 2 aromatic rings. The fourth-order valence-electron chi connectivity index (χ4n) is 1.58. The molecule has 0 aliphatic heterocycles. The van der Waals surface area contributed by atoms with Crippen LogP contribution in [0.3, 0.4) is 0 Å². The van der Waals surface area contributed by atoms with E-state index in [4.69, 9.17) is 11.6 Å². The van der Waals surface area contributed by atoms with E-state index in [9.17, 15) is 0 Å². The highest BCUT2D eigenvalue weighted by molar-refractivity contribution is 9.10. The molecule has 1 aromatic carbocycles. The van der Waals surface area contributed by atoms with Crippen molar-refractivity contribution in [3.05, 3.63) is 50.1 Å². The van der Waals surface area contributed by atoms with Gasteiger partial charge in [0.2, 0.25) is 0 Å². The summed E-state index contributed by atoms with van der Waals surface area (Å²) in [6.45, 7) is 0. The summed E-state index contributed by atoms with van der Waals surface area (Å²) in [5, 5.41) is 6.21. The minimum absolute atomic E-state index is 0.287. The standard InChI is InChI=1S/C13H13BrClNS2/c1-16-11(13-10(15)6-7-17-13)8-18-12-5-3-2-4-9(12)14/h2-7,11,16H,8H2,1H3. The van der Waals surface area contributed by atoms with E-state index in [-0.39, 0.29) is 6.04 Å². The van der Waals surface area contributed by atoms with Gasteiger partial charge in [-0.1, -0.05) is 23.7 Å². The second kappa shape index (κ2) is 6.96. The molecule has 1 heterocycles. The van der Waals surface area contributed by atoms with Crippen molar-refractivity contribution in [3.8, 4) is 0 Å². The summed E-state index contributed by atoms with van der Waals surface area (Å²) in [7, 11) is 1.97. The van der Waals surface area contributed by atoms with Crippen molar-refractivity contribution in [1.82, 2.24) is 5.32 Å². The number of hydrogen-bond acceptors (Lipinski definition) is 3. The van der Waals surface area contributed by atoms with Gasteiger partial charge >= 0.3 is 0 Å². The largest absolute Gasteiger partial charge is 0.312 e. The first kappa shape index (κ1) is 14.4. The van der Waals surface area contributed by atoms with Crippen molar-refractivity contribution >= 4 is 50.6 Å². The minimum Gasteiger partial charge on any atom is -0.312 e. The molecule has 1 unspecified atom stereocenters. The lowest BCUT2D eigenvalue weighted by atomic mass is 10.3. The highest BCUT2D eigenvalue weighted by Crippen LogP contribution is 2.34. The summed E-state index contributed by atoms with van der Waals surface area (Å²) in [4.78, 5) is 2.46.